The SMILES string of the molecule is Cc1ccc(/C=C2/SC(=Nc3nnc(C45CC6CC(CC(C6)C4)C5)s3)NC2=O)cc1. The second-order valence-corrected chi connectivity index (χ2v) is 11.5. The second-order valence-electron chi connectivity index (χ2n) is 9.48. The standard InChI is InChI=1S/C23H24N4OS2/c1-13-2-4-14(5-3-13)9-18-19(28)24-21(29-18)25-22-27-26-20(30-22)23-10-15-6-16(11-23)8-17(7-15)12-23/h2-5,9,15-17H,6-8,10-12H2,1H3,(H,24,25,27,28)/b18-9+. The summed E-state index contributed by atoms with van der Waals surface area (Å²) in [5.41, 5.74) is 2.46. The van der Waals surface area contributed by atoms with Gasteiger partial charge >= 0.3 is 0 Å². The second kappa shape index (κ2) is 7.02. The quantitative estimate of drug-likeness (QED) is 0.671. The zero-order valence-corrected chi connectivity index (χ0v) is 18.6. The number of benzene rings is 1. The molecule has 5 aliphatic rings. The Morgan fingerprint density at radius 2 is 1.73 bits per heavy atom. The molecule has 2 aromatic rings. The van der Waals surface area contributed by atoms with Gasteiger partial charge in [0.15, 0.2) is 5.17 Å². The average Bonchev–Trinajstić information content (AvgIpc) is 3.30. The third-order valence-electron chi connectivity index (χ3n) is 7.13. The molecule has 4 bridgehead atoms. The van der Waals surface area contributed by atoms with Crippen LogP contribution in [0.4, 0.5) is 5.13 Å². The Balaban J connectivity index is 1.22. The van der Waals surface area contributed by atoms with Gasteiger partial charge in [0, 0.05) is 5.41 Å². The maximum Gasteiger partial charge on any atom is 0.264 e. The summed E-state index contributed by atoms with van der Waals surface area (Å²) >= 11 is 2.99. The van der Waals surface area contributed by atoms with Gasteiger partial charge in [-0.05, 0) is 86.6 Å². The van der Waals surface area contributed by atoms with Gasteiger partial charge in [-0.25, -0.2) is 0 Å². The van der Waals surface area contributed by atoms with Crippen LogP contribution in [0.5, 0.6) is 0 Å². The molecule has 4 saturated carbocycles. The molecule has 30 heavy (non-hydrogen) atoms. The zero-order valence-electron chi connectivity index (χ0n) is 16.9. The Kier molecular flexibility index (Phi) is 4.39. The van der Waals surface area contributed by atoms with Crippen molar-refractivity contribution < 1.29 is 4.79 Å². The summed E-state index contributed by atoms with van der Waals surface area (Å²) in [5.74, 6) is 2.54. The van der Waals surface area contributed by atoms with Crippen molar-refractivity contribution in [2.24, 2.45) is 22.7 Å². The average molecular weight is 437 g/mol. The van der Waals surface area contributed by atoms with Gasteiger partial charge in [0.1, 0.15) is 5.01 Å². The van der Waals surface area contributed by atoms with Crippen molar-refractivity contribution in [3.8, 4) is 0 Å². The number of rotatable bonds is 3. The molecule has 0 atom stereocenters. The molecule has 0 unspecified atom stereocenters. The lowest BCUT2D eigenvalue weighted by Gasteiger charge is -2.55. The van der Waals surface area contributed by atoms with Crippen LogP contribution in [0.2, 0.25) is 0 Å². The van der Waals surface area contributed by atoms with Gasteiger partial charge in [0.2, 0.25) is 5.13 Å². The Labute approximate surface area is 184 Å². The molecule has 7 heteroatoms. The number of hydrogen-bond donors (Lipinski definition) is 1. The van der Waals surface area contributed by atoms with E-state index in [0.717, 1.165) is 23.3 Å². The normalized spacial score (nSPS) is 34.8. The summed E-state index contributed by atoms with van der Waals surface area (Å²) in [4.78, 5) is 17.6. The molecule has 154 valence electrons. The van der Waals surface area contributed by atoms with Crippen LogP contribution in [-0.4, -0.2) is 21.3 Å². The molecule has 1 aliphatic heterocycles. The molecule has 1 saturated heterocycles. The van der Waals surface area contributed by atoms with Gasteiger partial charge in [-0.3, -0.25) is 4.79 Å². The van der Waals surface area contributed by atoms with Crippen LogP contribution in [0, 0.1) is 24.7 Å². The number of nitrogens with zero attached hydrogens (tertiary/aromatic N) is 3. The summed E-state index contributed by atoms with van der Waals surface area (Å²) in [6, 6.07) is 8.14. The number of nitrogens with one attached hydrogen (secondary N) is 1. The number of hydrogen-bond acceptors (Lipinski definition) is 6. The van der Waals surface area contributed by atoms with Gasteiger partial charge in [0.25, 0.3) is 5.91 Å². The van der Waals surface area contributed by atoms with E-state index in [1.54, 1.807) is 11.3 Å². The van der Waals surface area contributed by atoms with E-state index in [0.29, 0.717) is 15.2 Å². The number of amides is 1. The van der Waals surface area contributed by atoms with E-state index < -0.39 is 0 Å². The summed E-state index contributed by atoms with van der Waals surface area (Å²) in [6.07, 6.45) is 10.0. The molecule has 1 aromatic heterocycles. The predicted octanol–water partition coefficient (Wildman–Crippen LogP) is 5.21. The molecule has 5 nitrogen and oxygen atoms in total. The Morgan fingerprint density at radius 3 is 2.40 bits per heavy atom. The first kappa shape index (κ1) is 18.8. The molecule has 0 spiro atoms. The van der Waals surface area contributed by atoms with Gasteiger partial charge in [-0.2, -0.15) is 4.99 Å². The maximum absolute atomic E-state index is 12.4. The number of aryl methyl sites for hydroxylation is 1. The molecule has 1 aromatic carbocycles. The summed E-state index contributed by atoms with van der Waals surface area (Å²) in [7, 11) is 0. The fourth-order valence-corrected chi connectivity index (χ4v) is 8.05. The van der Waals surface area contributed by atoms with Gasteiger partial charge in [-0.1, -0.05) is 41.2 Å². The van der Waals surface area contributed by atoms with Crippen LogP contribution in [-0.2, 0) is 10.2 Å². The van der Waals surface area contributed by atoms with Crippen LogP contribution in [0.15, 0.2) is 34.2 Å². The minimum absolute atomic E-state index is 0.106. The van der Waals surface area contributed by atoms with E-state index in [9.17, 15) is 4.79 Å². The van der Waals surface area contributed by atoms with Crippen LogP contribution >= 0.6 is 23.1 Å². The summed E-state index contributed by atoms with van der Waals surface area (Å²) < 4.78 is 0. The molecule has 4 aliphatic carbocycles. The van der Waals surface area contributed by atoms with E-state index in [1.807, 2.05) is 30.3 Å². The van der Waals surface area contributed by atoms with Crippen LogP contribution in [0.1, 0.15) is 54.7 Å². The van der Waals surface area contributed by atoms with Crippen LogP contribution in [0.25, 0.3) is 6.08 Å². The maximum atomic E-state index is 12.4. The van der Waals surface area contributed by atoms with Gasteiger partial charge in [-0.15, -0.1) is 10.2 Å². The summed E-state index contributed by atoms with van der Waals surface area (Å²) in [6.45, 7) is 2.05. The first-order valence-electron chi connectivity index (χ1n) is 10.7. The van der Waals surface area contributed by atoms with Crippen LogP contribution < -0.4 is 5.32 Å². The van der Waals surface area contributed by atoms with Gasteiger partial charge in [0.05, 0.1) is 4.91 Å². The molecule has 1 amide bonds. The number of aliphatic imine (C=N–C) groups is 1. The van der Waals surface area contributed by atoms with E-state index in [1.165, 1.54) is 60.9 Å². The fourth-order valence-electron chi connectivity index (χ4n) is 6.23. The number of carbonyl (C=O) groups is 1. The van der Waals surface area contributed by atoms with Crippen molar-refractivity contribution in [2.75, 3.05) is 0 Å². The zero-order chi connectivity index (χ0) is 20.3. The highest BCUT2D eigenvalue weighted by Gasteiger charge is 2.53. The Morgan fingerprint density at radius 1 is 1.07 bits per heavy atom. The van der Waals surface area contributed by atoms with E-state index in [2.05, 4.69) is 27.4 Å². The highest BCUT2D eigenvalue weighted by molar-refractivity contribution is 8.18. The van der Waals surface area contributed by atoms with Crippen molar-refractivity contribution in [3.63, 3.8) is 0 Å². The fraction of sp³-hybridized carbons (Fsp3) is 0.478. The van der Waals surface area contributed by atoms with Crippen molar-refractivity contribution >= 4 is 45.4 Å². The minimum atomic E-state index is -0.106. The van der Waals surface area contributed by atoms with Crippen molar-refractivity contribution in [1.82, 2.24) is 15.5 Å². The number of aromatic nitrogens is 2. The minimum Gasteiger partial charge on any atom is -0.300 e. The topological polar surface area (TPSA) is 67.2 Å². The molecule has 7 rings (SSSR count). The number of thioether (sulfide) groups is 1. The van der Waals surface area contributed by atoms with Crippen molar-refractivity contribution in [1.29, 1.82) is 0 Å². The predicted molar refractivity (Wildman–Crippen MR) is 122 cm³/mol. The molecular formula is C23H24N4OS2. The van der Waals surface area contributed by atoms with Gasteiger partial charge < -0.3 is 5.32 Å². The molecule has 1 N–H and O–H groups in total. The van der Waals surface area contributed by atoms with Crippen molar-refractivity contribution in [2.45, 2.75) is 50.9 Å². The highest BCUT2D eigenvalue weighted by atomic mass is 32.2. The van der Waals surface area contributed by atoms with Crippen LogP contribution in [0.3, 0.4) is 0 Å². The molecule has 2 heterocycles. The monoisotopic (exact) mass is 436 g/mol. The summed E-state index contributed by atoms with van der Waals surface area (Å²) in [5, 5.41) is 14.3. The Bertz CT molecular complexity index is 1030. The van der Waals surface area contributed by atoms with E-state index >= 15 is 0 Å². The number of carbonyl (C=O) groups excluding carboxylic acids is 1. The smallest absolute Gasteiger partial charge is 0.264 e. The van der Waals surface area contributed by atoms with E-state index in [-0.39, 0.29) is 11.3 Å². The third-order valence-corrected chi connectivity index (χ3v) is 9.10. The third kappa shape index (κ3) is 3.32. The van der Waals surface area contributed by atoms with E-state index in [4.69, 9.17) is 0 Å². The molecule has 0 radical (unpaired) electrons. The lowest BCUT2D eigenvalue weighted by Crippen LogP contribution is -2.48. The Hall–Kier alpha value is -1.99. The molecular weight excluding hydrogens is 412 g/mol. The lowest BCUT2D eigenvalue weighted by molar-refractivity contribution is -0.115. The highest BCUT2D eigenvalue weighted by Crippen LogP contribution is 2.61. The van der Waals surface area contributed by atoms with Crippen molar-refractivity contribution in [3.05, 3.63) is 45.3 Å². The largest absolute Gasteiger partial charge is 0.300 e. The lowest BCUT2D eigenvalue weighted by atomic mass is 9.50. The number of amidine groups is 1. The first-order chi connectivity index (χ1) is 14.5. The first-order valence-corrected chi connectivity index (χ1v) is 12.4. The molecule has 5 fully saturated rings.